The molecule has 0 radical (unpaired) electrons. The fraction of sp³-hybridized carbons (Fsp3) is 0.160. The molecule has 4 rings (SSSR count). The molecular formula is C25H22O2. The van der Waals surface area contributed by atoms with Crippen molar-refractivity contribution < 1.29 is 9.53 Å². The summed E-state index contributed by atoms with van der Waals surface area (Å²) in [4.78, 5) is 12.1. The van der Waals surface area contributed by atoms with E-state index >= 15 is 0 Å². The van der Waals surface area contributed by atoms with Gasteiger partial charge in [0.05, 0.1) is 5.92 Å². The van der Waals surface area contributed by atoms with Gasteiger partial charge in [-0.1, -0.05) is 92.7 Å². The lowest BCUT2D eigenvalue weighted by molar-refractivity contribution is -0.148. The molecule has 0 saturated carbocycles. The molecule has 0 fully saturated rings. The lowest BCUT2D eigenvalue weighted by atomic mass is 9.88. The van der Waals surface area contributed by atoms with E-state index < -0.39 is 0 Å². The fourth-order valence-corrected chi connectivity index (χ4v) is 3.60. The average Bonchev–Trinajstić information content (AvgIpc) is 2.71. The van der Waals surface area contributed by atoms with Crippen LogP contribution in [0, 0.1) is 5.92 Å². The Bertz CT molecular complexity index is 1050. The first-order chi connectivity index (χ1) is 13.2. The summed E-state index contributed by atoms with van der Waals surface area (Å²) in [5.41, 5.74) is 3.48. The van der Waals surface area contributed by atoms with Crippen molar-refractivity contribution in [2.24, 2.45) is 5.92 Å². The van der Waals surface area contributed by atoms with Gasteiger partial charge in [-0.3, -0.25) is 4.79 Å². The first-order valence-electron chi connectivity index (χ1n) is 9.31. The summed E-state index contributed by atoms with van der Waals surface area (Å²) in [6, 6.07) is 27.2. The van der Waals surface area contributed by atoms with Crippen molar-refractivity contribution >= 4 is 27.5 Å². The van der Waals surface area contributed by atoms with Crippen LogP contribution in [0.5, 0.6) is 0 Å². The van der Waals surface area contributed by atoms with Gasteiger partial charge in [-0.05, 0) is 32.7 Å². The number of rotatable bonds is 4. The molecule has 0 heterocycles. The van der Waals surface area contributed by atoms with Crippen molar-refractivity contribution in [1.29, 1.82) is 0 Å². The van der Waals surface area contributed by atoms with Crippen LogP contribution in [-0.2, 0) is 16.1 Å². The Labute approximate surface area is 159 Å². The summed E-state index contributed by atoms with van der Waals surface area (Å²) in [7, 11) is 0. The normalized spacial score (nSPS) is 11.2. The number of carbonyl (C=O) groups excluding carboxylic acids is 1. The van der Waals surface area contributed by atoms with E-state index in [0.717, 1.165) is 16.3 Å². The van der Waals surface area contributed by atoms with Crippen molar-refractivity contribution in [3.05, 3.63) is 84.4 Å². The Morgan fingerprint density at radius 3 is 1.74 bits per heavy atom. The SMILES string of the molecule is CC(C)C(=O)OCc1c2ccccc2c(-c2ccccc2)c2ccccc12. The second-order valence-corrected chi connectivity index (χ2v) is 7.07. The van der Waals surface area contributed by atoms with E-state index in [9.17, 15) is 4.79 Å². The van der Waals surface area contributed by atoms with Gasteiger partial charge < -0.3 is 4.74 Å². The van der Waals surface area contributed by atoms with Crippen LogP contribution in [0.2, 0.25) is 0 Å². The van der Waals surface area contributed by atoms with Crippen molar-refractivity contribution in [1.82, 2.24) is 0 Å². The Balaban J connectivity index is 2.00. The lowest BCUT2D eigenvalue weighted by Gasteiger charge is -2.17. The monoisotopic (exact) mass is 354 g/mol. The highest BCUT2D eigenvalue weighted by molar-refractivity contribution is 6.15. The van der Waals surface area contributed by atoms with Gasteiger partial charge in [0, 0.05) is 5.56 Å². The molecule has 0 atom stereocenters. The standard InChI is InChI=1S/C25H22O2/c1-17(2)25(26)27-16-23-19-12-6-8-14-21(19)24(18-10-4-3-5-11-18)22-15-9-7-13-20(22)23/h3-15,17H,16H2,1-2H3. The summed E-state index contributed by atoms with van der Waals surface area (Å²) >= 11 is 0. The average molecular weight is 354 g/mol. The molecule has 0 aliphatic rings. The Morgan fingerprint density at radius 2 is 1.22 bits per heavy atom. The van der Waals surface area contributed by atoms with E-state index in [1.165, 1.54) is 21.9 Å². The van der Waals surface area contributed by atoms with Gasteiger partial charge in [0.15, 0.2) is 0 Å². The highest BCUT2D eigenvalue weighted by Gasteiger charge is 2.16. The Hall–Kier alpha value is -3.13. The van der Waals surface area contributed by atoms with Crippen molar-refractivity contribution in [2.45, 2.75) is 20.5 Å². The molecular weight excluding hydrogens is 332 g/mol. The van der Waals surface area contributed by atoms with Crippen molar-refractivity contribution in [2.75, 3.05) is 0 Å². The predicted octanol–water partition coefficient (Wildman–Crippen LogP) is 6.36. The minimum absolute atomic E-state index is 0.133. The highest BCUT2D eigenvalue weighted by atomic mass is 16.5. The molecule has 0 aliphatic heterocycles. The van der Waals surface area contributed by atoms with Gasteiger partial charge in [0.2, 0.25) is 0 Å². The fourth-order valence-electron chi connectivity index (χ4n) is 3.60. The van der Waals surface area contributed by atoms with Gasteiger partial charge in [-0.15, -0.1) is 0 Å². The number of hydrogen-bond donors (Lipinski definition) is 0. The van der Waals surface area contributed by atoms with Crippen LogP contribution >= 0.6 is 0 Å². The molecule has 0 amide bonds. The minimum atomic E-state index is -0.171. The number of hydrogen-bond acceptors (Lipinski definition) is 2. The number of carbonyl (C=O) groups is 1. The van der Waals surface area contributed by atoms with Gasteiger partial charge in [0.25, 0.3) is 0 Å². The quantitative estimate of drug-likeness (QED) is 0.315. The summed E-state index contributed by atoms with van der Waals surface area (Å²) in [5, 5.41) is 4.62. The van der Waals surface area contributed by atoms with Gasteiger partial charge in [0.1, 0.15) is 6.61 Å². The zero-order chi connectivity index (χ0) is 18.8. The molecule has 2 nitrogen and oxygen atoms in total. The van der Waals surface area contributed by atoms with Crippen LogP contribution in [-0.4, -0.2) is 5.97 Å². The molecule has 0 spiro atoms. The molecule has 134 valence electrons. The van der Waals surface area contributed by atoms with E-state index in [-0.39, 0.29) is 18.5 Å². The molecule has 2 heteroatoms. The smallest absolute Gasteiger partial charge is 0.308 e. The third-order valence-corrected chi connectivity index (χ3v) is 4.94. The first kappa shape index (κ1) is 17.3. The molecule has 4 aromatic carbocycles. The number of esters is 1. The predicted molar refractivity (Wildman–Crippen MR) is 112 cm³/mol. The van der Waals surface area contributed by atoms with Crippen LogP contribution < -0.4 is 0 Å². The van der Waals surface area contributed by atoms with Crippen molar-refractivity contribution in [3.8, 4) is 11.1 Å². The number of benzene rings is 4. The topological polar surface area (TPSA) is 26.3 Å². The molecule has 27 heavy (non-hydrogen) atoms. The number of fused-ring (bicyclic) bond motifs is 2. The molecule has 4 aromatic rings. The summed E-state index contributed by atoms with van der Waals surface area (Å²) in [6.07, 6.45) is 0. The number of ether oxygens (including phenoxy) is 1. The van der Waals surface area contributed by atoms with Crippen LogP contribution in [0.25, 0.3) is 32.7 Å². The molecule has 0 aliphatic carbocycles. The second-order valence-electron chi connectivity index (χ2n) is 7.07. The maximum Gasteiger partial charge on any atom is 0.308 e. The largest absolute Gasteiger partial charge is 0.461 e. The van der Waals surface area contributed by atoms with Gasteiger partial charge in [-0.25, -0.2) is 0 Å². The first-order valence-corrected chi connectivity index (χ1v) is 9.31. The highest BCUT2D eigenvalue weighted by Crippen LogP contribution is 2.39. The Kier molecular flexibility index (Phi) is 4.64. The van der Waals surface area contributed by atoms with Gasteiger partial charge >= 0.3 is 5.97 Å². The van der Waals surface area contributed by atoms with E-state index in [2.05, 4.69) is 60.7 Å². The summed E-state index contributed by atoms with van der Waals surface area (Å²) < 4.78 is 5.61. The van der Waals surface area contributed by atoms with Crippen LogP contribution in [0.3, 0.4) is 0 Å². The molecule has 0 N–H and O–H groups in total. The van der Waals surface area contributed by atoms with Gasteiger partial charge in [-0.2, -0.15) is 0 Å². The molecule has 0 unspecified atom stereocenters. The third-order valence-electron chi connectivity index (χ3n) is 4.94. The summed E-state index contributed by atoms with van der Waals surface area (Å²) in [6.45, 7) is 4.00. The van der Waals surface area contributed by atoms with Crippen LogP contribution in [0.1, 0.15) is 19.4 Å². The maximum absolute atomic E-state index is 12.1. The van der Waals surface area contributed by atoms with Crippen LogP contribution in [0.15, 0.2) is 78.9 Å². The van der Waals surface area contributed by atoms with E-state index in [4.69, 9.17) is 4.74 Å². The van der Waals surface area contributed by atoms with E-state index in [0.29, 0.717) is 0 Å². The lowest BCUT2D eigenvalue weighted by Crippen LogP contribution is -2.11. The Morgan fingerprint density at radius 1 is 0.741 bits per heavy atom. The third kappa shape index (κ3) is 3.19. The maximum atomic E-state index is 12.1. The zero-order valence-electron chi connectivity index (χ0n) is 15.6. The van der Waals surface area contributed by atoms with Crippen molar-refractivity contribution in [3.63, 3.8) is 0 Å². The van der Waals surface area contributed by atoms with E-state index in [1.807, 2.05) is 32.0 Å². The minimum Gasteiger partial charge on any atom is -0.461 e. The second kappa shape index (κ2) is 7.24. The van der Waals surface area contributed by atoms with E-state index in [1.54, 1.807) is 0 Å². The molecule has 0 bridgehead atoms. The summed E-state index contributed by atoms with van der Waals surface area (Å²) in [5.74, 6) is -0.304. The molecule has 0 aromatic heterocycles. The zero-order valence-corrected chi connectivity index (χ0v) is 15.6. The van der Waals surface area contributed by atoms with Crippen LogP contribution in [0.4, 0.5) is 0 Å². The molecule has 0 saturated heterocycles.